The highest BCUT2D eigenvalue weighted by atomic mass is 35.5. The lowest BCUT2D eigenvalue weighted by atomic mass is 9.85. The number of nitriles is 1. The monoisotopic (exact) mass is 980 g/mol. The van der Waals surface area contributed by atoms with Gasteiger partial charge in [-0.05, 0) is 55.4 Å². The second kappa shape index (κ2) is 21.5. The molecule has 17 nitrogen and oxygen atoms in total. The van der Waals surface area contributed by atoms with Crippen molar-refractivity contribution < 1.29 is 33.8 Å². The van der Waals surface area contributed by atoms with Crippen LogP contribution in [-0.4, -0.2) is 147 Å². The van der Waals surface area contributed by atoms with Crippen LogP contribution in [0.2, 0.25) is 5.02 Å². The lowest BCUT2D eigenvalue weighted by Gasteiger charge is -2.38. The number of halogens is 1. The van der Waals surface area contributed by atoms with Crippen LogP contribution in [0, 0.1) is 23.7 Å². The van der Waals surface area contributed by atoms with Crippen LogP contribution in [0.5, 0.6) is 5.75 Å². The minimum absolute atomic E-state index is 0.0181. The standard InChI is InChI=1S/C50H61ClN10O7S/c1-30(32-6-8-33(9-7-32)45-31(2)55-29-69-45)56-47(64)42-22-37(62)27-60(42)49(66)46(50(3,4)5)57-44(63)28-67-19-18-58-14-16-59(17-15-58)43-26-53-41(25-54-43)48(65)61-35-11-12-36(61)21-39(20-35)68-38-13-10-34(24-52)40(51)23-38/h6-10,13,23,25-26,29-30,35-37,39,42,46,62H,11-12,14-22,27-28H2,1-5H3,(H,56,64)(H,57,63)/t30-,35-,36+,37+,39?,42-,46+/m0/s1. The predicted octanol–water partition coefficient (Wildman–Crippen LogP) is 5.16. The number of rotatable bonds is 15. The molecule has 1 unspecified atom stereocenters. The molecule has 4 saturated heterocycles. The number of benzene rings is 2. The minimum Gasteiger partial charge on any atom is -0.490 e. The van der Waals surface area contributed by atoms with E-state index in [1.807, 2.05) is 69.3 Å². The number of aromatic nitrogens is 3. The molecule has 3 N–H and O–H groups in total. The van der Waals surface area contributed by atoms with Gasteiger partial charge in [-0.15, -0.1) is 11.3 Å². The lowest BCUT2D eigenvalue weighted by Crippen LogP contribution is -2.58. The molecule has 0 aliphatic carbocycles. The number of piperidine rings is 1. The molecule has 4 amide bonds. The number of aliphatic hydroxyl groups excluding tert-OH is 1. The number of likely N-dealkylation sites (tertiary alicyclic amines) is 1. The summed E-state index contributed by atoms with van der Waals surface area (Å²) in [7, 11) is 0. The zero-order valence-corrected chi connectivity index (χ0v) is 41.3. The summed E-state index contributed by atoms with van der Waals surface area (Å²) in [4.78, 5) is 77.1. The number of thiazole rings is 1. The van der Waals surface area contributed by atoms with Crippen LogP contribution in [0.15, 0.2) is 60.4 Å². The molecule has 7 atom stereocenters. The average Bonchev–Trinajstić information content (AvgIpc) is 4.03. The number of nitrogens with zero attached hydrogens (tertiary/aromatic N) is 8. The molecule has 0 radical (unpaired) electrons. The number of aliphatic hydroxyl groups is 1. The van der Waals surface area contributed by atoms with Crippen molar-refractivity contribution >= 4 is 52.4 Å². The maximum Gasteiger partial charge on any atom is 0.274 e. The van der Waals surface area contributed by atoms with Crippen molar-refractivity contribution in [3.63, 3.8) is 0 Å². The minimum atomic E-state index is -0.965. The van der Waals surface area contributed by atoms with E-state index in [0.717, 1.165) is 47.6 Å². The number of anilines is 1. The van der Waals surface area contributed by atoms with Gasteiger partial charge in [0, 0.05) is 76.7 Å². The van der Waals surface area contributed by atoms with Crippen molar-refractivity contribution in [2.75, 3.05) is 57.4 Å². The average molecular weight is 982 g/mol. The van der Waals surface area contributed by atoms with E-state index in [-0.39, 0.29) is 55.6 Å². The number of piperazine rings is 1. The Labute approximate surface area is 412 Å². The van der Waals surface area contributed by atoms with E-state index in [2.05, 4.69) is 41.5 Å². The maximum absolute atomic E-state index is 14.1. The van der Waals surface area contributed by atoms with Gasteiger partial charge in [-0.25, -0.2) is 15.0 Å². The summed E-state index contributed by atoms with van der Waals surface area (Å²) < 4.78 is 12.0. The number of carbonyl (C=O) groups is 4. The molecule has 4 aliphatic rings. The predicted molar refractivity (Wildman–Crippen MR) is 261 cm³/mol. The number of β-amino-alcohol motifs (C(OH)–C–C–N with tert-alkyl or cyclic N) is 1. The summed E-state index contributed by atoms with van der Waals surface area (Å²) >= 11 is 7.79. The van der Waals surface area contributed by atoms with Crippen molar-refractivity contribution in [2.45, 2.75) is 109 Å². The van der Waals surface area contributed by atoms with E-state index in [1.54, 1.807) is 41.9 Å². The fourth-order valence-electron chi connectivity index (χ4n) is 9.91. The van der Waals surface area contributed by atoms with Crippen molar-refractivity contribution in [1.29, 1.82) is 5.26 Å². The number of aryl methyl sites for hydroxylation is 1. The van der Waals surface area contributed by atoms with Crippen LogP contribution < -0.4 is 20.3 Å². The molecule has 4 aromatic rings. The van der Waals surface area contributed by atoms with Gasteiger partial charge in [0.1, 0.15) is 48.1 Å². The smallest absolute Gasteiger partial charge is 0.274 e. The Balaban J connectivity index is 0.756. The summed E-state index contributed by atoms with van der Waals surface area (Å²) in [6.45, 7) is 12.9. The third-order valence-electron chi connectivity index (χ3n) is 13.7. The molecule has 4 aliphatic heterocycles. The highest BCUT2D eigenvalue weighted by molar-refractivity contribution is 7.13. The Morgan fingerprint density at radius 2 is 1.70 bits per heavy atom. The topological polar surface area (TPSA) is 206 Å². The number of hydrogen-bond acceptors (Lipinski definition) is 14. The summed E-state index contributed by atoms with van der Waals surface area (Å²) in [6.07, 6.45) is 5.60. The Bertz CT molecular complexity index is 2510. The van der Waals surface area contributed by atoms with Gasteiger partial charge in [-0.1, -0.05) is 56.6 Å². The fourth-order valence-corrected chi connectivity index (χ4v) is 10.9. The Morgan fingerprint density at radius 1 is 0.971 bits per heavy atom. The second-order valence-corrected chi connectivity index (χ2v) is 20.8. The zero-order chi connectivity index (χ0) is 49.0. The molecular formula is C50H61ClN10O7S. The zero-order valence-electron chi connectivity index (χ0n) is 39.8. The van der Waals surface area contributed by atoms with Crippen LogP contribution in [0.1, 0.15) is 93.2 Å². The molecule has 0 saturated carbocycles. The van der Waals surface area contributed by atoms with E-state index >= 15 is 0 Å². The fraction of sp³-hybridized carbons (Fsp3) is 0.520. The molecule has 4 fully saturated rings. The number of hydrogen-bond donors (Lipinski definition) is 3. The third kappa shape index (κ3) is 11.7. The van der Waals surface area contributed by atoms with Crippen LogP contribution in [-0.2, 0) is 19.1 Å². The SMILES string of the molecule is Cc1ncsc1-c1ccc([C@H](C)NC(=O)[C@@H]2C[C@@H](O)CN2C(=O)[C@@H](NC(=O)COCCN2CCN(c3cnc(C(=O)N4[C@@H]5CC[C@H]4CC(Oc4ccc(C#N)c(Cl)c4)C5)cn3)CC2)C(C)(C)C)cc1. The number of ether oxygens (including phenoxy) is 2. The quantitative estimate of drug-likeness (QED) is 0.132. The Morgan fingerprint density at radius 3 is 2.32 bits per heavy atom. The van der Waals surface area contributed by atoms with E-state index in [0.29, 0.717) is 66.9 Å². The number of carbonyl (C=O) groups excluding carboxylic acids is 4. The summed E-state index contributed by atoms with van der Waals surface area (Å²) in [5.41, 5.74) is 4.74. The molecule has 2 aromatic carbocycles. The second-order valence-electron chi connectivity index (χ2n) is 19.6. The maximum atomic E-state index is 14.1. The van der Waals surface area contributed by atoms with E-state index in [9.17, 15) is 29.5 Å². The van der Waals surface area contributed by atoms with Crippen LogP contribution in [0.25, 0.3) is 10.4 Å². The van der Waals surface area contributed by atoms with Crippen molar-refractivity contribution in [3.05, 3.63) is 87.9 Å². The number of nitrogens with one attached hydrogen (secondary N) is 2. The van der Waals surface area contributed by atoms with Crippen LogP contribution in [0.3, 0.4) is 0 Å². The molecule has 6 heterocycles. The molecule has 366 valence electrons. The van der Waals surface area contributed by atoms with Gasteiger partial charge < -0.3 is 39.9 Å². The van der Waals surface area contributed by atoms with Gasteiger partial charge >= 0.3 is 0 Å². The first-order valence-electron chi connectivity index (χ1n) is 23.7. The first-order valence-corrected chi connectivity index (χ1v) is 25.0. The van der Waals surface area contributed by atoms with Gasteiger partial charge in [0.2, 0.25) is 17.7 Å². The van der Waals surface area contributed by atoms with Gasteiger partial charge in [-0.3, -0.25) is 24.1 Å². The molecule has 2 bridgehead atoms. The van der Waals surface area contributed by atoms with E-state index < -0.39 is 35.4 Å². The molecule has 8 rings (SSSR count). The largest absolute Gasteiger partial charge is 0.490 e. The summed E-state index contributed by atoms with van der Waals surface area (Å²) in [5.74, 6) is -0.0505. The van der Waals surface area contributed by atoms with Crippen molar-refractivity contribution in [3.8, 4) is 22.3 Å². The summed E-state index contributed by atoms with van der Waals surface area (Å²) in [5, 5.41) is 26.1. The molecule has 0 spiro atoms. The van der Waals surface area contributed by atoms with E-state index in [4.69, 9.17) is 21.1 Å². The lowest BCUT2D eigenvalue weighted by molar-refractivity contribution is -0.144. The first-order chi connectivity index (χ1) is 33.1. The molecule has 69 heavy (non-hydrogen) atoms. The first kappa shape index (κ1) is 49.7. The molecule has 19 heteroatoms. The van der Waals surface area contributed by atoms with Gasteiger partial charge in [0.05, 0.1) is 57.8 Å². The van der Waals surface area contributed by atoms with Gasteiger partial charge in [-0.2, -0.15) is 5.26 Å². The normalized spacial score (nSPS) is 22.5. The highest BCUT2D eigenvalue weighted by Gasteiger charge is 2.46. The van der Waals surface area contributed by atoms with Crippen molar-refractivity contribution in [2.24, 2.45) is 5.41 Å². The van der Waals surface area contributed by atoms with E-state index in [1.165, 1.54) is 4.90 Å². The van der Waals surface area contributed by atoms with Gasteiger partial charge in [0.15, 0.2) is 0 Å². The van der Waals surface area contributed by atoms with Crippen LogP contribution in [0.4, 0.5) is 5.82 Å². The Kier molecular flexibility index (Phi) is 15.5. The third-order valence-corrected chi connectivity index (χ3v) is 15.0. The summed E-state index contributed by atoms with van der Waals surface area (Å²) in [6, 6.07) is 13.0. The Hall–Kier alpha value is -5.71. The van der Waals surface area contributed by atoms with Gasteiger partial charge in [0.25, 0.3) is 5.91 Å². The number of fused-ring (bicyclic) bond motifs is 2. The van der Waals surface area contributed by atoms with Crippen LogP contribution >= 0.6 is 22.9 Å². The number of amides is 4. The highest BCUT2D eigenvalue weighted by Crippen LogP contribution is 2.39. The molecule has 2 aromatic heterocycles. The van der Waals surface area contributed by atoms with Crippen molar-refractivity contribution in [1.82, 2.24) is 40.3 Å². The molecular weight excluding hydrogens is 920 g/mol.